The van der Waals surface area contributed by atoms with Gasteiger partial charge in [0.25, 0.3) is 5.91 Å². The predicted molar refractivity (Wildman–Crippen MR) is 98.3 cm³/mol. The molecule has 0 aliphatic carbocycles. The summed E-state index contributed by atoms with van der Waals surface area (Å²) in [7, 11) is 1.31. The van der Waals surface area contributed by atoms with Crippen LogP contribution in [0.2, 0.25) is 0 Å². The van der Waals surface area contributed by atoms with Gasteiger partial charge in [0.05, 0.1) is 25.9 Å². The quantitative estimate of drug-likeness (QED) is 0.836. The number of anilines is 1. The number of amides is 1. The highest BCUT2D eigenvalue weighted by Gasteiger charge is 2.13. The standard InChI is InChI=1S/C20H22N2O4/c1-25-20(24)17-6-3-5-16(13-17)19(23)21-18-7-2-4-15(12-18)14-22-8-10-26-11-9-22/h2-7,12-13H,8-11,14H2,1H3,(H,21,23). The number of nitrogens with one attached hydrogen (secondary N) is 1. The third kappa shape index (κ3) is 4.68. The first-order valence-electron chi connectivity index (χ1n) is 8.54. The number of hydrogen-bond donors (Lipinski definition) is 1. The summed E-state index contributed by atoms with van der Waals surface area (Å²) in [6.45, 7) is 4.17. The molecule has 3 rings (SSSR count). The Morgan fingerprint density at radius 3 is 2.58 bits per heavy atom. The third-order valence-corrected chi connectivity index (χ3v) is 4.24. The maximum atomic E-state index is 12.5. The monoisotopic (exact) mass is 354 g/mol. The predicted octanol–water partition coefficient (Wildman–Crippen LogP) is 2.56. The fourth-order valence-electron chi connectivity index (χ4n) is 2.87. The number of esters is 1. The summed E-state index contributed by atoms with van der Waals surface area (Å²) < 4.78 is 10.1. The molecule has 26 heavy (non-hydrogen) atoms. The molecule has 1 aliphatic heterocycles. The zero-order valence-electron chi connectivity index (χ0n) is 14.7. The maximum absolute atomic E-state index is 12.5. The van der Waals surface area contributed by atoms with Crippen molar-refractivity contribution in [1.82, 2.24) is 4.90 Å². The van der Waals surface area contributed by atoms with Gasteiger partial charge in [0.2, 0.25) is 0 Å². The fourth-order valence-corrected chi connectivity index (χ4v) is 2.87. The van der Waals surface area contributed by atoms with Gasteiger partial charge in [0, 0.05) is 30.9 Å². The maximum Gasteiger partial charge on any atom is 0.337 e. The Hall–Kier alpha value is -2.70. The zero-order chi connectivity index (χ0) is 18.4. The topological polar surface area (TPSA) is 67.9 Å². The van der Waals surface area contributed by atoms with Crippen molar-refractivity contribution in [2.24, 2.45) is 0 Å². The Bertz CT molecular complexity index is 785. The van der Waals surface area contributed by atoms with Crippen molar-refractivity contribution in [3.05, 3.63) is 65.2 Å². The number of rotatable bonds is 5. The number of carbonyl (C=O) groups excluding carboxylic acids is 2. The van der Waals surface area contributed by atoms with Gasteiger partial charge in [-0.05, 0) is 35.9 Å². The number of carbonyl (C=O) groups is 2. The molecule has 136 valence electrons. The van der Waals surface area contributed by atoms with Crippen molar-refractivity contribution >= 4 is 17.6 Å². The van der Waals surface area contributed by atoms with E-state index in [0.29, 0.717) is 11.1 Å². The highest BCUT2D eigenvalue weighted by atomic mass is 16.5. The molecular formula is C20H22N2O4. The Kier molecular flexibility index (Phi) is 5.99. The van der Waals surface area contributed by atoms with Crippen LogP contribution in [-0.2, 0) is 16.0 Å². The summed E-state index contributed by atoms with van der Waals surface area (Å²) >= 11 is 0. The Balaban J connectivity index is 1.67. The second-order valence-corrected chi connectivity index (χ2v) is 6.12. The van der Waals surface area contributed by atoms with Crippen LogP contribution in [0.4, 0.5) is 5.69 Å². The molecule has 0 spiro atoms. The minimum absolute atomic E-state index is 0.265. The van der Waals surface area contributed by atoms with Crippen molar-refractivity contribution < 1.29 is 19.1 Å². The molecule has 6 heteroatoms. The van der Waals surface area contributed by atoms with Crippen LogP contribution < -0.4 is 5.32 Å². The molecule has 2 aromatic rings. The van der Waals surface area contributed by atoms with Gasteiger partial charge in [0.15, 0.2) is 0 Å². The Morgan fingerprint density at radius 2 is 1.81 bits per heavy atom. The van der Waals surface area contributed by atoms with E-state index in [-0.39, 0.29) is 5.91 Å². The van der Waals surface area contributed by atoms with E-state index in [2.05, 4.69) is 10.2 Å². The lowest BCUT2D eigenvalue weighted by molar-refractivity contribution is 0.0342. The van der Waals surface area contributed by atoms with Crippen LogP contribution in [0.1, 0.15) is 26.3 Å². The van der Waals surface area contributed by atoms with Crippen LogP contribution >= 0.6 is 0 Å². The minimum atomic E-state index is -0.466. The van der Waals surface area contributed by atoms with Gasteiger partial charge < -0.3 is 14.8 Å². The largest absolute Gasteiger partial charge is 0.465 e. The molecule has 0 radical (unpaired) electrons. The summed E-state index contributed by atoms with van der Waals surface area (Å²) in [5.41, 5.74) is 2.62. The highest BCUT2D eigenvalue weighted by molar-refractivity contribution is 6.05. The number of nitrogens with zero attached hydrogens (tertiary/aromatic N) is 1. The van der Waals surface area contributed by atoms with E-state index in [4.69, 9.17) is 9.47 Å². The highest BCUT2D eigenvalue weighted by Crippen LogP contribution is 2.15. The second-order valence-electron chi connectivity index (χ2n) is 6.12. The van der Waals surface area contributed by atoms with Crippen molar-refractivity contribution in [2.75, 3.05) is 38.7 Å². The van der Waals surface area contributed by atoms with E-state index < -0.39 is 5.97 Å². The lowest BCUT2D eigenvalue weighted by atomic mass is 10.1. The molecule has 0 unspecified atom stereocenters. The molecule has 0 aromatic heterocycles. The van der Waals surface area contributed by atoms with E-state index in [0.717, 1.165) is 44.1 Å². The number of morpholine rings is 1. The van der Waals surface area contributed by atoms with Crippen molar-refractivity contribution in [3.8, 4) is 0 Å². The molecule has 2 aromatic carbocycles. The number of methoxy groups -OCH3 is 1. The molecule has 1 aliphatic rings. The van der Waals surface area contributed by atoms with Gasteiger partial charge in [-0.25, -0.2) is 4.79 Å². The summed E-state index contributed by atoms with van der Waals surface area (Å²) in [6.07, 6.45) is 0. The lowest BCUT2D eigenvalue weighted by Gasteiger charge is -2.26. The first-order chi connectivity index (χ1) is 12.7. The SMILES string of the molecule is COC(=O)c1cccc(C(=O)Nc2cccc(CN3CCOCC3)c2)c1. The van der Waals surface area contributed by atoms with E-state index in [1.807, 2.05) is 24.3 Å². The van der Waals surface area contributed by atoms with Crippen LogP contribution in [0.15, 0.2) is 48.5 Å². The van der Waals surface area contributed by atoms with E-state index in [1.165, 1.54) is 13.2 Å². The molecule has 1 N–H and O–H groups in total. The van der Waals surface area contributed by atoms with Gasteiger partial charge in [-0.1, -0.05) is 18.2 Å². The van der Waals surface area contributed by atoms with Gasteiger partial charge in [0.1, 0.15) is 0 Å². The van der Waals surface area contributed by atoms with Crippen LogP contribution in [0, 0.1) is 0 Å². The summed E-state index contributed by atoms with van der Waals surface area (Å²) in [5.74, 6) is -0.730. The molecule has 1 saturated heterocycles. The molecule has 6 nitrogen and oxygen atoms in total. The van der Waals surface area contributed by atoms with Crippen LogP contribution in [0.3, 0.4) is 0 Å². The average Bonchev–Trinajstić information content (AvgIpc) is 2.68. The third-order valence-electron chi connectivity index (χ3n) is 4.24. The Morgan fingerprint density at radius 1 is 1.08 bits per heavy atom. The molecular weight excluding hydrogens is 332 g/mol. The van der Waals surface area contributed by atoms with Gasteiger partial charge in [-0.15, -0.1) is 0 Å². The van der Waals surface area contributed by atoms with E-state index in [9.17, 15) is 9.59 Å². The summed E-state index contributed by atoms with van der Waals surface area (Å²) in [6, 6.07) is 14.3. The zero-order valence-corrected chi connectivity index (χ0v) is 14.7. The van der Waals surface area contributed by atoms with Crippen LogP contribution in [0.5, 0.6) is 0 Å². The van der Waals surface area contributed by atoms with Gasteiger partial charge in [-0.3, -0.25) is 9.69 Å². The average molecular weight is 354 g/mol. The first kappa shape index (κ1) is 18.1. The number of benzene rings is 2. The summed E-state index contributed by atoms with van der Waals surface area (Å²) in [5, 5.41) is 2.89. The molecule has 1 amide bonds. The van der Waals surface area contributed by atoms with Crippen LogP contribution in [0.25, 0.3) is 0 Å². The number of hydrogen-bond acceptors (Lipinski definition) is 5. The molecule has 0 bridgehead atoms. The normalized spacial score (nSPS) is 14.7. The lowest BCUT2D eigenvalue weighted by Crippen LogP contribution is -2.35. The first-order valence-corrected chi connectivity index (χ1v) is 8.54. The smallest absolute Gasteiger partial charge is 0.337 e. The van der Waals surface area contributed by atoms with Crippen molar-refractivity contribution in [2.45, 2.75) is 6.54 Å². The fraction of sp³-hybridized carbons (Fsp3) is 0.300. The van der Waals surface area contributed by atoms with E-state index >= 15 is 0 Å². The Labute approximate surface area is 152 Å². The van der Waals surface area contributed by atoms with Crippen molar-refractivity contribution in [3.63, 3.8) is 0 Å². The molecule has 0 atom stereocenters. The molecule has 1 fully saturated rings. The second kappa shape index (κ2) is 8.60. The molecule has 0 saturated carbocycles. The van der Waals surface area contributed by atoms with E-state index in [1.54, 1.807) is 18.2 Å². The molecule has 1 heterocycles. The summed E-state index contributed by atoms with van der Waals surface area (Å²) in [4.78, 5) is 26.4. The van der Waals surface area contributed by atoms with Gasteiger partial charge in [-0.2, -0.15) is 0 Å². The minimum Gasteiger partial charge on any atom is -0.465 e. The van der Waals surface area contributed by atoms with Crippen LogP contribution in [-0.4, -0.2) is 50.2 Å². The van der Waals surface area contributed by atoms with Crippen molar-refractivity contribution in [1.29, 1.82) is 0 Å². The van der Waals surface area contributed by atoms with Gasteiger partial charge >= 0.3 is 5.97 Å². The number of ether oxygens (including phenoxy) is 2.